The van der Waals surface area contributed by atoms with Crippen LogP contribution in [-0.2, 0) is 6.54 Å². The minimum Gasteiger partial charge on any atom is -0.310 e. The van der Waals surface area contributed by atoms with E-state index in [4.69, 9.17) is 11.6 Å². The highest BCUT2D eigenvalue weighted by atomic mass is 35.5. The van der Waals surface area contributed by atoms with Crippen LogP contribution < -0.4 is 5.32 Å². The molecule has 1 N–H and O–H groups in total. The molecular weight excluding hydrogens is 213 g/mol. The molecule has 0 radical (unpaired) electrons. The van der Waals surface area contributed by atoms with Crippen molar-refractivity contribution >= 4 is 11.6 Å². The van der Waals surface area contributed by atoms with Gasteiger partial charge in [-0.05, 0) is 30.5 Å². The van der Waals surface area contributed by atoms with E-state index in [1.165, 1.54) is 6.07 Å². The number of hydrogen-bond acceptors (Lipinski definition) is 1. The van der Waals surface area contributed by atoms with Crippen molar-refractivity contribution in [1.82, 2.24) is 5.32 Å². The Kier molecular flexibility index (Phi) is 4.55. The predicted octanol–water partition coefficient (Wildman–Crippen LogP) is 3.61. The molecule has 0 aliphatic carbocycles. The molecule has 0 amide bonds. The third-order valence-electron chi connectivity index (χ3n) is 2.61. The Morgan fingerprint density at radius 2 is 2.00 bits per heavy atom. The van der Waals surface area contributed by atoms with Gasteiger partial charge in [0, 0.05) is 12.6 Å². The van der Waals surface area contributed by atoms with Gasteiger partial charge >= 0.3 is 0 Å². The zero-order valence-electron chi connectivity index (χ0n) is 9.35. The molecule has 0 aliphatic heterocycles. The van der Waals surface area contributed by atoms with Gasteiger partial charge in [-0.25, -0.2) is 4.39 Å². The van der Waals surface area contributed by atoms with E-state index in [9.17, 15) is 4.39 Å². The van der Waals surface area contributed by atoms with E-state index < -0.39 is 0 Å². The summed E-state index contributed by atoms with van der Waals surface area (Å²) >= 11 is 5.60. The molecule has 1 rings (SSSR count). The maximum absolute atomic E-state index is 13.1. The third-order valence-corrected chi connectivity index (χ3v) is 2.92. The van der Waals surface area contributed by atoms with Gasteiger partial charge in [0.15, 0.2) is 0 Å². The van der Waals surface area contributed by atoms with Gasteiger partial charge < -0.3 is 5.32 Å². The van der Waals surface area contributed by atoms with E-state index in [1.54, 1.807) is 6.07 Å². The molecule has 0 aromatic heterocycles. The van der Waals surface area contributed by atoms with Crippen LogP contribution in [-0.4, -0.2) is 6.04 Å². The van der Waals surface area contributed by atoms with Crippen molar-refractivity contribution in [3.8, 4) is 0 Å². The third kappa shape index (κ3) is 3.80. The molecule has 0 spiro atoms. The first-order valence-corrected chi connectivity index (χ1v) is 5.56. The maximum atomic E-state index is 13.1. The summed E-state index contributed by atoms with van der Waals surface area (Å²) in [6.45, 7) is 7.10. The van der Waals surface area contributed by atoms with Crippen LogP contribution >= 0.6 is 11.6 Å². The van der Waals surface area contributed by atoms with Crippen LogP contribution in [0.15, 0.2) is 18.2 Å². The Labute approximate surface area is 95.6 Å². The van der Waals surface area contributed by atoms with Gasteiger partial charge in [0.2, 0.25) is 0 Å². The lowest BCUT2D eigenvalue weighted by Gasteiger charge is -2.17. The summed E-state index contributed by atoms with van der Waals surface area (Å²) in [4.78, 5) is 0. The molecular formula is C12H17ClFN. The lowest BCUT2D eigenvalue weighted by Crippen LogP contribution is -2.30. The second kappa shape index (κ2) is 5.47. The van der Waals surface area contributed by atoms with E-state index in [0.717, 1.165) is 5.56 Å². The average Bonchev–Trinajstić information content (AvgIpc) is 2.19. The molecule has 1 nitrogen and oxygen atoms in total. The van der Waals surface area contributed by atoms with E-state index in [-0.39, 0.29) is 10.8 Å². The zero-order chi connectivity index (χ0) is 11.4. The molecule has 3 heteroatoms. The molecule has 1 aromatic carbocycles. The van der Waals surface area contributed by atoms with Crippen molar-refractivity contribution in [3.05, 3.63) is 34.6 Å². The van der Waals surface area contributed by atoms with Crippen molar-refractivity contribution in [2.75, 3.05) is 0 Å². The van der Waals surface area contributed by atoms with Gasteiger partial charge in [-0.1, -0.05) is 31.5 Å². The minimum atomic E-state index is -0.354. The normalized spacial score (nSPS) is 13.2. The van der Waals surface area contributed by atoms with Gasteiger partial charge in [0.05, 0.1) is 5.02 Å². The van der Waals surface area contributed by atoms with Gasteiger partial charge in [-0.2, -0.15) is 0 Å². The first kappa shape index (κ1) is 12.5. The smallest absolute Gasteiger partial charge is 0.142 e. The summed E-state index contributed by atoms with van der Waals surface area (Å²) in [5.41, 5.74) is 0.921. The number of benzene rings is 1. The Morgan fingerprint density at radius 3 is 2.53 bits per heavy atom. The van der Waals surface area contributed by atoms with Crippen LogP contribution in [0.2, 0.25) is 5.02 Å². The van der Waals surface area contributed by atoms with Crippen LogP contribution in [0.1, 0.15) is 26.3 Å². The molecule has 1 atom stereocenters. The zero-order valence-corrected chi connectivity index (χ0v) is 10.1. The summed E-state index contributed by atoms with van der Waals surface area (Å²) in [5, 5.41) is 3.51. The minimum absolute atomic E-state index is 0.177. The lowest BCUT2D eigenvalue weighted by molar-refractivity contribution is 0.425. The highest BCUT2D eigenvalue weighted by Crippen LogP contribution is 2.15. The number of hydrogen-bond donors (Lipinski definition) is 1. The predicted molar refractivity (Wildman–Crippen MR) is 62.5 cm³/mol. The molecule has 15 heavy (non-hydrogen) atoms. The van der Waals surface area contributed by atoms with Crippen LogP contribution in [0.5, 0.6) is 0 Å². The van der Waals surface area contributed by atoms with Crippen molar-refractivity contribution in [2.45, 2.75) is 33.4 Å². The second-order valence-corrected chi connectivity index (χ2v) is 4.57. The van der Waals surface area contributed by atoms with Crippen molar-refractivity contribution in [3.63, 3.8) is 0 Å². The monoisotopic (exact) mass is 229 g/mol. The van der Waals surface area contributed by atoms with Crippen LogP contribution in [0.25, 0.3) is 0 Å². The van der Waals surface area contributed by atoms with E-state index >= 15 is 0 Å². The van der Waals surface area contributed by atoms with Gasteiger partial charge in [0.25, 0.3) is 0 Å². The molecule has 1 aromatic rings. The second-order valence-electron chi connectivity index (χ2n) is 4.16. The van der Waals surface area contributed by atoms with Crippen molar-refractivity contribution < 1.29 is 4.39 Å². The highest BCUT2D eigenvalue weighted by Gasteiger charge is 2.06. The topological polar surface area (TPSA) is 12.0 Å². The largest absolute Gasteiger partial charge is 0.310 e. The molecule has 0 unspecified atom stereocenters. The van der Waals surface area contributed by atoms with E-state index in [1.807, 2.05) is 6.07 Å². The number of halogens is 2. The molecule has 0 fully saturated rings. The molecule has 84 valence electrons. The van der Waals surface area contributed by atoms with Crippen LogP contribution in [0.3, 0.4) is 0 Å². The van der Waals surface area contributed by atoms with E-state index in [2.05, 4.69) is 26.1 Å². The first-order valence-electron chi connectivity index (χ1n) is 5.18. The fourth-order valence-corrected chi connectivity index (χ4v) is 1.28. The molecule has 0 heterocycles. The maximum Gasteiger partial charge on any atom is 0.142 e. The molecule has 0 saturated heterocycles. The summed E-state index contributed by atoms with van der Waals surface area (Å²) in [5.74, 6) is 0.218. The lowest BCUT2D eigenvalue weighted by atomic mass is 10.1. The summed E-state index contributed by atoms with van der Waals surface area (Å²) in [7, 11) is 0. The Morgan fingerprint density at radius 1 is 1.33 bits per heavy atom. The van der Waals surface area contributed by atoms with Gasteiger partial charge in [-0.3, -0.25) is 0 Å². The number of rotatable bonds is 4. The quantitative estimate of drug-likeness (QED) is 0.832. The Balaban J connectivity index is 2.55. The van der Waals surface area contributed by atoms with Crippen LogP contribution in [0, 0.1) is 11.7 Å². The molecule has 0 aliphatic rings. The first-order chi connectivity index (χ1) is 7.00. The fraction of sp³-hybridized carbons (Fsp3) is 0.500. The Hall–Kier alpha value is -0.600. The fourth-order valence-electron chi connectivity index (χ4n) is 1.16. The van der Waals surface area contributed by atoms with Gasteiger partial charge in [-0.15, -0.1) is 0 Å². The molecule has 0 saturated carbocycles. The SMILES string of the molecule is CC(C)[C@H](C)NCc1ccc(Cl)c(F)c1. The van der Waals surface area contributed by atoms with Crippen molar-refractivity contribution in [2.24, 2.45) is 5.92 Å². The average molecular weight is 230 g/mol. The highest BCUT2D eigenvalue weighted by molar-refractivity contribution is 6.30. The number of nitrogens with one attached hydrogen (secondary N) is 1. The van der Waals surface area contributed by atoms with Gasteiger partial charge in [0.1, 0.15) is 5.82 Å². The van der Waals surface area contributed by atoms with E-state index in [0.29, 0.717) is 18.5 Å². The summed E-state index contributed by atoms with van der Waals surface area (Å²) in [6.07, 6.45) is 0. The molecule has 0 bridgehead atoms. The Bertz CT molecular complexity index is 325. The summed E-state index contributed by atoms with van der Waals surface area (Å²) < 4.78 is 13.1. The van der Waals surface area contributed by atoms with Crippen molar-refractivity contribution in [1.29, 1.82) is 0 Å². The summed E-state index contributed by atoms with van der Waals surface area (Å²) in [6, 6.07) is 5.32. The standard InChI is InChI=1S/C12H17ClFN/c1-8(2)9(3)15-7-10-4-5-11(13)12(14)6-10/h4-6,8-9,15H,7H2,1-3H3/t9-/m0/s1. The van der Waals surface area contributed by atoms with Crippen LogP contribution in [0.4, 0.5) is 4.39 Å².